The van der Waals surface area contributed by atoms with Gasteiger partial charge in [-0.3, -0.25) is 19.5 Å². The number of aromatic amines is 1. The third-order valence-corrected chi connectivity index (χ3v) is 7.32. The van der Waals surface area contributed by atoms with Crippen molar-refractivity contribution >= 4 is 41.4 Å². The van der Waals surface area contributed by atoms with Crippen LogP contribution in [-0.4, -0.2) is 86.0 Å². The van der Waals surface area contributed by atoms with E-state index in [1.807, 2.05) is 37.3 Å². The molecular weight excluding hydrogens is 604 g/mol. The van der Waals surface area contributed by atoms with E-state index < -0.39 is 48.4 Å². The maximum atomic E-state index is 13.7. The number of benzene rings is 2. The summed E-state index contributed by atoms with van der Waals surface area (Å²) >= 11 is 1.11. The zero-order chi connectivity index (χ0) is 32.6. The van der Waals surface area contributed by atoms with Crippen LogP contribution >= 0.6 is 11.8 Å². The first-order chi connectivity index (χ1) is 21.7. The van der Waals surface area contributed by atoms with E-state index in [-0.39, 0.29) is 29.9 Å². The molecule has 1 heterocycles. The Morgan fingerprint density at radius 2 is 1.67 bits per heavy atom. The van der Waals surface area contributed by atoms with Crippen LogP contribution in [0.5, 0.6) is 5.75 Å². The lowest BCUT2D eigenvalue weighted by Gasteiger charge is -2.24. The van der Waals surface area contributed by atoms with Crippen LogP contribution in [-0.2, 0) is 32.0 Å². The highest BCUT2D eigenvalue weighted by Gasteiger charge is 2.28. The van der Waals surface area contributed by atoms with Crippen LogP contribution in [0.4, 0.5) is 0 Å². The normalized spacial score (nSPS) is 12.0. The molecule has 1 aromatic heterocycles. The van der Waals surface area contributed by atoms with Gasteiger partial charge in [-0.05, 0) is 29.7 Å². The SMILES string of the molecule is CCCCCNC(=O)C(Cc1ccc(OCC(=O)O)c(C(=O)O)c1)NC(=O)C(Cc1ccccc1)NC(=O)CSc1ncn[nH]1. The Hall–Kier alpha value is -4.92. The number of carboxylic acids is 2. The Balaban J connectivity index is 1.82. The standard InChI is InChI=1S/C30H36N6O8S/c1-2-3-7-12-31-27(40)22(15-20-10-11-24(44-16-26(38)39)21(13-20)29(42)43)35-28(41)23(14-19-8-5-4-6-9-19)34-25(37)17-45-30-32-18-33-36-30/h4-6,8-11,13,18,22-23H,2-3,7,12,14-17H2,1H3,(H,31,40)(H,34,37)(H,35,41)(H,38,39)(H,42,43)(H,32,33,36). The maximum Gasteiger partial charge on any atom is 0.341 e. The van der Waals surface area contributed by atoms with E-state index in [0.717, 1.165) is 36.6 Å². The molecule has 3 aromatic rings. The molecule has 0 saturated heterocycles. The summed E-state index contributed by atoms with van der Waals surface area (Å²) in [5.74, 6) is -4.33. The Morgan fingerprint density at radius 3 is 2.33 bits per heavy atom. The van der Waals surface area contributed by atoms with Gasteiger partial charge in [-0.1, -0.05) is 67.9 Å². The fourth-order valence-corrected chi connectivity index (χ4v) is 4.85. The number of H-pyrrole nitrogens is 1. The minimum absolute atomic E-state index is 0.0383. The van der Waals surface area contributed by atoms with Crippen LogP contribution < -0.4 is 20.7 Å². The van der Waals surface area contributed by atoms with Crippen molar-refractivity contribution in [2.45, 2.75) is 56.3 Å². The van der Waals surface area contributed by atoms with Gasteiger partial charge >= 0.3 is 11.9 Å². The van der Waals surface area contributed by atoms with Crippen molar-refractivity contribution in [1.29, 1.82) is 0 Å². The molecule has 0 spiro atoms. The minimum atomic E-state index is -1.35. The molecule has 3 amide bonds. The summed E-state index contributed by atoms with van der Waals surface area (Å²) in [7, 11) is 0. The molecule has 0 fully saturated rings. The van der Waals surface area contributed by atoms with Gasteiger partial charge in [0.15, 0.2) is 11.8 Å². The number of hydrogen-bond acceptors (Lipinski definition) is 9. The van der Waals surface area contributed by atoms with E-state index >= 15 is 0 Å². The first kappa shape index (κ1) is 34.6. The van der Waals surface area contributed by atoms with Crippen LogP contribution in [0.2, 0.25) is 0 Å². The van der Waals surface area contributed by atoms with Crippen molar-refractivity contribution in [3.05, 3.63) is 71.5 Å². The van der Waals surface area contributed by atoms with Crippen LogP contribution in [0.15, 0.2) is 60.0 Å². The zero-order valence-electron chi connectivity index (χ0n) is 24.7. The number of carboxylic acid groups (broad SMARTS) is 2. The molecule has 15 heteroatoms. The molecule has 2 unspecified atom stereocenters. The number of nitrogens with zero attached hydrogens (tertiary/aromatic N) is 2. The highest BCUT2D eigenvalue weighted by atomic mass is 32.2. The quantitative estimate of drug-likeness (QED) is 0.0821. The number of hydrogen-bond donors (Lipinski definition) is 6. The Kier molecular flexibility index (Phi) is 13.8. The smallest absolute Gasteiger partial charge is 0.341 e. The van der Waals surface area contributed by atoms with E-state index in [0.29, 0.717) is 17.3 Å². The molecule has 3 rings (SSSR count). The fourth-order valence-electron chi connectivity index (χ4n) is 4.26. The summed E-state index contributed by atoms with van der Waals surface area (Å²) in [4.78, 5) is 66.6. The van der Waals surface area contributed by atoms with E-state index in [1.165, 1.54) is 24.5 Å². The van der Waals surface area contributed by atoms with Crippen LogP contribution in [0.1, 0.15) is 47.7 Å². The van der Waals surface area contributed by atoms with Gasteiger partial charge in [-0.2, -0.15) is 5.10 Å². The molecule has 0 aliphatic carbocycles. The molecular formula is C30H36N6O8S. The second kappa shape index (κ2) is 18.0. The average molecular weight is 641 g/mol. The monoisotopic (exact) mass is 640 g/mol. The number of thioether (sulfide) groups is 1. The van der Waals surface area contributed by atoms with Gasteiger partial charge in [-0.25, -0.2) is 14.6 Å². The number of ether oxygens (including phenoxy) is 1. The molecule has 240 valence electrons. The molecule has 14 nitrogen and oxygen atoms in total. The number of unbranched alkanes of at least 4 members (excludes halogenated alkanes) is 2. The minimum Gasteiger partial charge on any atom is -0.481 e. The molecule has 2 aromatic carbocycles. The van der Waals surface area contributed by atoms with E-state index in [1.54, 1.807) is 0 Å². The molecule has 0 radical (unpaired) electrons. The summed E-state index contributed by atoms with van der Waals surface area (Å²) < 4.78 is 5.10. The first-order valence-electron chi connectivity index (χ1n) is 14.3. The van der Waals surface area contributed by atoms with Gasteiger partial charge in [0.05, 0.1) is 5.75 Å². The fraction of sp³-hybridized carbons (Fsp3) is 0.367. The molecule has 0 bridgehead atoms. The predicted molar refractivity (Wildman–Crippen MR) is 164 cm³/mol. The summed E-state index contributed by atoms with van der Waals surface area (Å²) in [6.45, 7) is 1.67. The summed E-state index contributed by atoms with van der Waals surface area (Å²) in [5, 5.41) is 33.7. The third-order valence-electron chi connectivity index (χ3n) is 6.45. The number of aliphatic carboxylic acids is 1. The van der Waals surface area contributed by atoms with Gasteiger partial charge < -0.3 is 30.9 Å². The summed E-state index contributed by atoms with van der Waals surface area (Å²) in [6.07, 6.45) is 3.95. The average Bonchev–Trinajstić information content (AvgIpc) is 3.55. The molecule has 0 aliphatic rings. The number of carbonyl (C=O) groups is 5. The first-order valence-corrected chi connectivity index (χ1v) is 15.2. The van der Waals surface area contributed by atoms with Crippen LogP contribution in [0, 0.1) is 0 Å². The topological polar surface area (TPSA) is 213 Å². The zero-order valence-corrected chi connectivity index (χ0v) is 25.5. The Morgan fingerprint density at radius 1 is 0.933 bits per heavy atom. The summed E-state index contributed by atoms with van der Waals surface area (Å²) in [6, 6.07) is 11.0. The van der Waals surface area contributed by atoms with Crippen molar-refractivity contribution in [1.82, 2.24) is 31.1 Å². The third kappa shape index (κ3) is 11.9. The number of nitrogens with one attached hydrogen (secondary N) is 4. The maximum absolute atomic E-state index is 13.7. The lowest BCUT2D eigenvalue weighted by molar-refractivity contribution is -0.139. The molecule has 0 saturated carbocycles. The highest BCUT2D eigenvalue weighted by Crippen LogP contribution is 2.22. The van der Waals surface area contributed by atoms with Gasteiger partial charge in [0, 0.05) is 19.4 Å². The highest BCUT2D eigenvalue weighted by molar-refractivity contribution is 7.99. The van der Waals surface area contributed by atoms with Gasteiger partial charge in [0.25, 0.3) is 0 Å². The number of carbonyl (C=O) groups excluding carboxylic acids is 3. The second-order valence-electron chi connectivity index (χ2n) is 9.97. The largest absolute Gasteiger partial charge is 0.481 e. The second-order valence-corrected chi connectivity index (χ2v) is 10.9. The van der Waals surface area contributed by atoms with Crippen molar-refractivity contribution < 1.29 is 38.9 Å². The lowest BCUT2D eigenvalue weighted by Crippen LogP contribution is -2.55. The van der Waals surface area contributed by atoms with Crippen LogP contribution in [0.3, 0.4) is 0 Å². The lowest BCUT2D eigenvalue weighted by atomic mass is 10.0. The van der Waals surface area contributed by atoms with E-state index in [9.17, 15) is 29.1 Å². The molecule has 0 aliphatic heterocycles. The van der Waals surface area contributed by atoms with Crippen molar-refractivity contribution in [2.75, 3.05) is 18.9 Å². The molecule has 2 atom stereocenters. The molecule has 45 heavy (non-hydrogen) atoms. The number of amides is 3. The van der Waals surface area contributed by atoms with Crippen molar-refractivity contribution in [3.63, 3.8) is 0 Å². The van der Waals surface area contributed by atoms with Gasteiger partial charge in [0.2, 0.25) is 17.7 Å². The number of aromatic carboxylic acids is 1. The predicted octanol–water partition coefficient (Wildman–Crippen LogP) is 1.82. The Labute approximate surface area is 263 Å². The van der Waals surface area contributed by atoms with Gasteiger partial charge in [-0.15, -0.1) is 0 Å². The number of rotatable bonds is 19. The van der Waals surface area contributed by atoms with Crippen molar-refractivity contribution in [2.24, 2.45) is 0 Å². The number of aromatic nitrogens is 3. The van der Waals surface area contributed by atoms with E-state index in [2.05, 4.69) is 31.1 Å². The van der Waals surface area contributed by atoms with Crippen molar-refractivity contribution in [3.8, 4) is 5.75 Å². The summed E-state index contributed by atoms with van der Waals surface area (Å²) in [5.41, 5.74) is 0.876. The Bertz CT molecular complexity index is 1440. The van der Waals surface area contributed by atoms with Crippen LogP contribution in [0.25, 0.3) is 0 Å². The van der Waals surface area contributed by atoms with E-state index in [4.69, 9.17) is 9.84 Å². The van der Waals surface area contributed by atoms with Gasteiger partial charge in [0.1, 0.15) is 29.7 Å². The molecule has 6 N–H and O–H groups in total.